The van der Waals surface area contributed by atoms with Gasteiger partial charge < -0.3 is 10.1 Å². The molecule has 2 N–H and O–H groups in total. The lowest BCUT2D eigenvalue weighted by Gasteiger charge is -2.02. The first-order valence-corrected chi connectivity index (χ1v) is 8.72. The van der Waals surface area contributed by atoms with Crippen LogP contribution in [0.1, 0.15) is 0 Å². The topological polar surface area (TPSA) is 117 Å². The molecule has 0 fully saturated rings. The van der Waals surface area contributed by atoms with Gasteiger partial charge in [-0.1, -0.05) is 60.7 Å². The van der Waals surface area contributed by atoms with E-state index in [-0.39, 0.29) is 23.1 Å². The Morgan fingerprint density at radius 3 is 2.21 bits per heavy atom. The molecule has 0 saturated heterocycles. The second kappa shape index (κ2) is 7.73. The van der Waals surface area contributed by atoms with Gasteiger partial charge in [-0.2, -0.15) is 0 Å². The van der Waals surface area contributed by atoms with E-state index in [1.165, 1.54) is 12.1 Å². The largest absolute Gasteiger partial charge is 0.506 e. The van der Waals surface area contributed by atoms with E-state index in [9.17, 15) is 15.2 Å². The van der Waals surface area contributed by atoms with Gasteiger partial charge in [0.1, 0.15) is 11.4 Å². The Kier molecular flexibility index (Phi) is 4.81. The number of aromatic amines is 1. The van der Waals surface area contributed by atoms with E-state index in [0.29, 0.717) is 5.69 Å². The summed E-state index contributed by atoms with van der Waals surface area (Å²) in [7, 11) is 0. The van der Waals surface area contributed by atoms with Gasteiger partial charge in [0.2, 0.25) is 5.95 Å². The van der Waals surface area contributed by atoms with Crippen LogP contribution in [0.15, 0.2) is 89.1 Å². The Morgan fingerprint density at radius 1 is 0.897 bits per heavy atom. The van der Waals surface area contributed by atoms with Crippen LogP contribution < -0.4 is 0 Å². The maximum atomic E-state index is 10.9. The van der Waals surface area contributed by atoms with Crippen molar-refractivity contribution in [1.82, 2.24) is 9.97 Å². The van der Waals surface area contributed by atoms with Crippen molar-refractivity contribution in [2.24, 2.45) is 10.2 Å². The SMILES string of the molecule is O=[N+]([O-])c1ccc(O)c(N=Nc2nc(-c3ccccc3)c(-c3ccccc3)[nH]2)c1. The molecule has 4 rings (SSSR count). The first-order valence-electron chi connectivity index (χ1n) is 8.72. The fraction of sp³-hybridized carbons (Fsp3) is 0. The summed E-state index contributed by atoms with van der Waals surface area (Å²) in [6.07, 6.45) is 0. The van der Waals surface area contributed by atoms with Crippen LogP contribution in [-0.4, -0.2) is 20.0 Å². The Hall–Kier alpha value is -4.33. The zero-order valence-electron chi connectivity index (χ0n) is 15.1. The van der Waals surface area contributed by atoms with Crippen molar-refractivity contribution >= 4 is 17.3 Å². The fourth-order valence-electron chi connectivity index (χ4n) is 2.83. The molecule has 0 aliphatic carbocycles. The molecule has 1 heterocycles. The van der Waals surface area contributed by atoms with Crippen molar-refractivity contribution in [3.05, 3.63) is 89.0 Å². The quantitative estimate of drug-likeness (QED) is 0.257. The zero-order valence-corrected chi connectivity index (χ0v) is 15.1. The molecule has 4 aromatic rings. The van der Waals surface area contributed by atoms with Crippen LogP contribution in [0.4, 0.5) is 17.3 Å². The summed E-state index contributed by atoms with van der Waals surface area (Å²) in [5.41, 5.74) is 3.10. The van der Waals surface area contributed by atoms with Crippen molar-refractivity contribution in [2.75, 3.05) is 0 Å². The van der Waals surface area contributed by atoms with Crippen LogP contribution >= 0.6 is 0 Å². The number of nitro groups is 1. The van der Waals surface area contributed by atoms with Crippen LogP contribution in [0.2, 0.25) is 0 Å². The molecule has 0 saturated carbocycles. The highest BCUT2D eigenvalue weighted by atomic mass is 16.6. The van der Waals surface area contributed by atoms with Crippen molar-refractivity contribution in [2.45, 2.75) is 0 Å². The number of hydrogen-bond acceptors (Lipinski definition) is 6. The number of aromatic hydroxyl groups is 1. The number of non-ortho nitro benzene ring substituents is 1. The lowest BCUT2D eigenvalue weighted by Crippen LogP contribution is -1.86. The summed E-state index contributed by atoms with van der Waals surface area (Å²) < 4.78 is 0. The smallest absolute Gasteiger partial charge is 0.271 e. The average Bonchev–Trinajstić information content (AvgIpc) is 3.18. The number of azo groups is 1. The minimum Gasteiger partial charge on any atom is -0.506 e. The van der Waals surface area contributed by atoms with Crippen molar-refractivity contribution in [1.29, 1.82) is 0 Å². The third-order valence-corrected chi connectivity index (χ3v) is 4.22. The van der Waals surface area contributed by atoms with E-state index in [1.807, 2.05) is 60.7 Å². The number of phenols is 1. The molecule has 142 valence electrons. The maximum Gasteiger partial charge on any atom is 0.271 e. The van der Waals surface area contributed by atoms with Crippen LogP contribution in [0.25, 0.3) is 22.5 Å². The normalized spacial score (nSPS) is 11.0. The number of benzene rings is 3. The number of nitro benzene ring substituents is 1. The molecule has 0 amide bonds. The molecule has 0 radical (unpaired) electrons. The summed E-state index contributed by atoms with van der Waals surface area (Å²) in [6, 6.07) is 22.9. The average molecular weight is 385 g/mol. The molecule has 0 unspecified atom stereocenters. The zero-order chi connectivity index (χ0) is 20.2. The lowest BCUT2D eigenvalue weighted by atomic mass is 10.1. The third kappa shape index (κ3) is 3.86. The Morgan fingerprint density at radius 2 is 1.55 bits per heavy atom. The summed E-state index contributed by atoms with van der Waals surface area (Å²) in [6.45, 7) is 0. The molecule has 29 heavy (non-hydrogen) atoms. The summed E-state index contributed by atoms with van der Waals surface area (Å²) in [4.78, 5) is 18.0. The molecule has 3 aromatic carbocycles. The van der Waals surface area contributed by atoms with E-state index in [1.54, 1.807) is 0 Å². The van der Waals surface area contributed by atoms with Gasteiger partial charge in [0.15, 0.2) is 0 Å². The van der Waals surface area contributed by atoms with Crippen LogP contribution in [-0.2, 0) is 0 Å². The van der Waals surface area contributed by atoms with Crippen molar-refractivity contribution in [3.63, 3.8) is 0 Å². The Bertz CT molecular complexity index is 1130. The second-order valence-corrected chi connectivity index (χ2v) is 6.15. The van der Waals surface area contributed by atoms with Gasteiger partial charge in [0.25, 0.3) is 5.69 Å². The van der Waals surface area contributed by atoms with Gasteiger partial charge in [-0.25, -0.2) is 4.98 Å². The van der Waals surface area contributed by atoms with Gasteiger partial charge in [-0.05, 0) is 6.07 Å². The fourth-order valence-corrected chi connectivity index (χ4v) is 2.83. The molecule has 0 aliphatic heterocycles. The number of rotatable bonds is 5. The minimum atomic E-state index is -0.563. The number of hydrogen-bond donors (Lipinski definition) is 2. The van der Waals surface area contributed by atoms with Gasteiger partial charge in [-0.3, -0.25) is 10.1 Å². The monoisotopic (exact) mass is 385 g/mol. The minimum absolute atomic E-state index is 0.0156. The number of H-pyrrole nitrogens is 1. The number of nitrogens with one attached hydrogen (secondary N) is 1. The van der Waals surface area contributed by atoms with Crippen molar-refractivity contribution in [3.8, 4) is 28.3 Å². The number of phenolic OH excluding ortho intramolecular Hbond substituents is 1. The molecule has 0 atom stereocenters. The van der Waals surface area contributed by atoms with Crippen LogP contribution in [0.3, 0.4) is 0 Å². The van der Waals surface area contributed by atoms with Gasteiger partial charge >= 0.3 is 0 Å². The third-order valence-electron chi connectivity index (χ3n) is 4.22. The van der Waals surface area contributed by atoms with E-state index in [0.717, 1.165) is 22.9 Å². The highest BCUT2D eigenvalue weighted by Crippen LogP contribution is 2.34. The van der Waals surface area contributed by atoms with Crippen molar-refractivity contribution < 1.29 is 10.0 Å². The van der Waals surface area contributed by atoms with Crippen LogP contribution in [0, 0.1) is 10.1 Å². The van der Waals surface area contributed by atoms with E-state index in [4.69, 9.17) is 0 Å². The summed E-state index contributed by atoms with van der Waals surface area (Å²) >= 11 is 0. The van der Waals surface area contributed by atoms with Gasteiger partial charge in [0, 0.05) is 23.3 Å². The maximum absolute atomic E-state index is 10.9. The molecule has 0 bridgehead atoms. The molecule has 0 spiro atoms. The highest BCUT2D eigenvalue weighted by Gasteiger charge is 2.14. The first kappa shape index (κ1) is 18.1. The standard InChI is InChI=1S/C21H15N5O3/c27-18-12-11-16(26(28)29)13-17(18)24-25-21-22-19(14-7-3-1-4-8-14)20(23-21)15-9-5-2-6-10-15/h1-13,27H,(H,22,23). The number of nitrogens with zero attached hydrogens (tertiary/aromatic N) is 4. The Balaban J connectivity index is 1.76. The Labute approximate surface area is 165 Å². The molecule has 8 heteroatoms. The molecular formula is C21H15N5O3. The van der Waals surface area contributed by atoms with E-state index >= 15 is 0 Å². The molecular weight excluding hydrogens is 370 g/mol. The predicted molar refractivity (Wildman–Crippen MR) is 108 cm³/mol. The summed E-state index contributed by atoms with van der Waals surface area (Å²) in [5, 5.41) is 28.8. The van der Waals surface area contributed by atoms with Gasteiger partial charge in [-0.15, -0.1) is 10.2 Å². The molecule has 8 nitrogen and oxygen atoms in total. The van der Waals surface area contributed by atoms with Crippen LogP contribution in [0.5, 0.6) is 5.75 Å². The molecule has 1 aromatic heterocycles. The predicted octanol–water partition coefficient (Wildman–Crippen LogP) is 5.77. The van der Waals surface area contributed by atoms with Gasteiger partial charge in [0.05, 0.1) is 16.3 Å². The second-order valence-electron chi connectivity index (χ2n) is 6.15. The molecule has 0 aliphatic rings. The lowest BCUT2D eigenvalue weighted by molar-refractivity contribution is -0.384. The first-order chi connectivity index (χ1) is 14.1. The number of imidazole rings is 1. The summed E-state index contributed by atoms with van der Waals surface area (Å²) in [5.74, 6) is 0.00563. The highest BCUT2D eigenvalue weighted by molar-refractivity contribution is 5.79. The van der Waals surface area contributed by atoms with E-state index in [2.05, 4.69) is 20.2 Å². The number of aromatic nitrogens is 2. The van der Waals surface area contributed by atoms with E-state index < -0.39 is 4.92 Å².